The second-order valence-electron chi connectivity index (χ2n) is 26.0. The molecule has 0 aromatic carbocycles. The van der Waals surface area contributed by atoms with Gasteiger partial charge in [-0.05, 0) is 0 Å². The summed E-state index contributed by atoms with van der Waals surface area (Å²) in [5, 5.41) is 319. The van der Waals surface area contributed by atoms with E-state index in [1.165, 1.54) is 0 Å². The number of rotatable bonds is 29. The zero-order valence-corrected chi connectivity index (χ0v) is 54.5. The first-order valence-electron chi connectivity index (χ1n) is 32.4. The van der Waals surface area contributed by atoms with Crippen molar-refractivity contribution in [2.45, 2.75) is 277 Å². The fraction of sp³-hybridized carbons (Fsp3) is 0.946. The van der Waals surface area contributed by atoms with Crippen LogP contribution in [0.2, 0.25) is 0 Å². The Morgan fingerprint density at radius 3 is 1.29 bits per heavy atom. The van der Waals surface area contributed by atoms with Crippen LogP contribution in [0.1, 0.15) is 19.8 Å². The highest BCUT2D eigenvalue weighted by Gasteiger charge is 2.65. The molecule has 0 aliphatic carbocycles. The first-order chi connectivity index (χ1) is 48.9. The fourth-order valence-corrected chi connectivity index (χ4v) is 13.2. The number of aliphatic hydroxyl groups excluding tert-OH is 26. The maximum atomic E-state index is 13.3. The summed E-state index contributed by atoms with van der Waals surface area (Å²) in [7, 11) is 0. The van der Waals surface area contributed by atoms with Crippen molar-refractivity contribution in [2.75, 3.05) is 52.9 Å². The van der Waals surface area contributed by atoms with Gasteiger partial charge in [0.15, 0.2) is 37.7 Å². The monoisotopic (exact) mass is 1530 g/mol. The molecule has 8 rings (SSSR count). The Morgan fingerprint density at radius 1 is 0.385 bits per heavy atom. The van der Waals surface area contributed by atoms with Crippen molar-refractivity contribution < 1.29 is 234 Å². The molecule has 0 aromatic heterocycles. The number of carbonyl (C=O) groups excluding carboxylic acids is 1. The first kappa shape index (κ1) is 86.3. The van der Waals surface area contributed by atoms with Crippen molar-refractivity contribution in [2.24, 2.45) is 0 Å². The highest BCUT2D eigenvalue weighted by Crippen LogP contribution is 2.44. The van der Waals surface area contributed by atoms with Crippen LogP contribution in [-0.4, -0.2) is 476 Å². The van der Waals surface area contributed by atoms with Crippen molar-refractivity contribution in [1.82, 2.24) is 5.32 Å². The van der Waals surface area contributed by atoms with E-state index in [0.717, 1.165) is 6.92 Å². The van der Waals surface area contributed by atoms with E-state index in [4.69, 9.17) is 71.1 Å². The Kier molecular flexibility index (Phi) is 30.1. The number of nitrogens with one attached hydrogen (secondary N) is 1. The van der Waals surface area contributed by atoms with Gasteiger partial charge in [-0.3, -0.25) is 4.79 Å². The number of amides is 1. The molecule has 1 unspecified atom stereocenters. The van der Waals surface area contributed by atoms with Crippen LogP contribution in [0.25, 0.3) is 0 Å². The minimum absolute atomic E-state index is 0.928. The third kappa shape index (κ3) is 17.9. The molecule has 0 aromatic rings. The van der Waals surface area contributed by atoms with Crippen molar-refractivity contribution >= 4 is 17.8 Å². The molecule has 8 fully saturated rings. The number of carbonyl (C=O) groups is 3. The molecule has 0 radical (unpaired) electrons. The van der Waals surface area contributed by atoms with Gasteiger partial charge in [-0.2, -0.15) is 0 Å². The second kappa shape index (κ2) is 36.3. The SMILES string of the molecule is CC(=O)N[C@H]1[C@H](O[C@@H]2[C@H](O)[C@@H](O)[C@H](O[C@@H]3[C@H](O)[C@@H](O[C@@H]4[C@H](O)[C@@H](O[C@H]5[C@@H]([C@H](O)CO)O[C@@](O)(C(=O)O)C[C@H]5O[C@]5(C(=O)O)C[C@@H](O)[C@@H](O)[C@@H]([C@H](O)CO)O5)O[C@H]([C@@H](O)CO)[C@H]4O[C@@H]4O[C@H](CO)[C@@H](O)[C@H](O)[C@H]4O)O[C@H](C(O)CO)[C@H]3O)O[C@@H]2CO)O[C@H](CO)[C@H](O)[C@@H]1O[C@@H]1O[C@H](CO)[C@H](O)[C@H](O)[C@H]1O. The zero-order valence-electron chi connectivity index (χ0n) is 54.5. The average Bonchev–Trinajstić information content (AvgIpc) is 0.752. The van der Waals surface area contributed by atoms with E-state index in [9.17, 15) is 162 Å². The normalized spacial score (nSPS) is 48.7. The van der Waals surface area contributed by atoms with Crippen molar-refractivity contribution in [3.05, 3.63) is 0 Å². The summed E-state index contributed by atoms with van der Waals surface area (Å²) in [6.45, 7) is -9.10. The third-order valence-electron chi connectivity index (χ3n) is 18.9. The van der Waals surface area contributed by atoms with Gasteiger partial charge >= 0.3 is 11.9 Å². The van der Waals surface area contributed by atoms with Crippen LogP contribution >= 0.6 is 0 Å². The van der Waals surface area contributed by atoms with Crippen LogP contribution in [0.4, 0.5) is 0 Å². The van der Waals surface area contributed by atoms with Crippen LogP contribution in [-0.2, 0) is 85.4 Å². The molecular weight excluding hydrogens is 1440 g/mol. The Labute approximate surface area is 585 Å². The van der Waals surface area contributed by atoms with Crippen molar-refractivity contribution in [1.29, 1.82) is 0 Å². The summed E-state index contributed by atoms with van der Waals surface area (Å²) in [6.07, 6.45) is -93.1. The quantitative estimate of drug-likeness (QED) is 0.0331. The standard InChI is InChI=1S/C56H93NO47/c1-12(66)57-23-43(98-48-31(79)28(76)25(73)19(8-62)91-48)27(75)21(10-64)90-47(23)96-41-22(11-65)93-50(33(81)30(41)78)99-44-34(82)37(14(68)4-58)94-51(35(44)83)100-45-36(84)52(95-39(16(70)6-60)46(45)101-49-32(80)29(77)26(74)20(9-63)92-49)97-42-18(3-55(89,53(85)86)103-40(42)17(71)7-61)102-56(54(87)88)2-13(67)24(72)38(104-56)15(69)5-59/h13-52,58-65,67-84,89H,2-11H2,1H3,(H,57,66)(H,85,86)(H,87,88)/t13-,14?,15-,16+,17-,18-,19-,20-,21-,22-,23-,24-,25+,26-,27+,28+,29+,30-,31-,32-,33-,34-,35+,36+,37-,38-,39-,40-,41+,42-,43-,44+,45-,46-,47+,48+,49+,50+,51-,52-,55-,56-/m1/s1. The molecular formula is C56H93NO47. The van der Waals surface area contributed by atoms with Crippen LogP contribution in [0, 0.1) is 0 Å². The van der Waals surface area contributed by atoms with Gasteiger partial charge in [-0.1, -0.05) is 0 Å². The summed E-state index contributed by atoms with van der Waals surface area (Å²) in [6, 6.07) is -1.85. The molecule has 604 valence electrons. The van der Waals surface area contributed by atoms with Gasteiger partial charge in [0.25, 0.3) is 11.6 Å². The minimum atomic E-state index is -3.64. The van der Waals surface area contributed by atoms with E-state index >= 15 is 0 Å². The molecule has 104 heavy (non-hydrogen) atoms. The maximum Gasteiger partial charge on any atom is 0.364 e. The number of carboxylic acids is 2. The summed E-state index contributed by atoms with van der Waals surface area (Å²) in [5.41, 5.74) is 0. The van der Waals surface area contributed by atoms with Gasteiger partial charge in [-0.15, -0.1) is 0 Å². The van der Waals surface area contributed by atoms with Crippen molar-refractivity contribution in [3.8, 4) is 0 Å². The Balaban J connectivity index is 1.15. The molecule has 8 heterocycles. The van der Waals surface area contributed by atoms with Gasteiger partial charge in [0, 0.05) is 19.8 Å². The van der Waals surface area contributed by atoms with E-state index in [1.54, 1.807) is 0 Å². The Bertz CT molecular complexity index is 2720. The van der Waals surface area contributed by atoms with Gasteiger partial charge in [0.05, 0.1) is 65.1 Å². The van der Waals surface area contributed by atoms with E-state index in [1.807, 2.05) is 0 Å². The molecule has 8 aliphatic heterocycles. The minimum Gasteiger partial charge on any atom is -0.477 e. The maximum absolute atomic E-state index is 13.3. The third-order valence-corrected chi connectivity index (χ3v) is 18.9. The number of hydrogen-bond donors (Lipinski definition) is 30. The first-order valence-corrected chi connectivity index (χ1v) is 32.4. The molecule has 0 saturated carbocycles. The molecule has 48 nitrogen and oxygen atoms in total. The summed E-state index contributed by atoms with van der Waals surface area (Å²) in [4.78, 5) is 38.8. The number of hydrogen-bond acceptors (Lipinski definition) is 45. The van der Waals surface area contributed by atoms with Gasteiger partial charge in [0.1, 0.15) is 195 Å². The molecule has 0 bridgehead atoms. The lowest BCUT2D eigenvalue weighted by atomic mass is 9.89. The van der Waals surface area contributed by atoms with E-state index in [-0.39, 0.29) is 0 Å². The predicted octanol–water partition coefficient (Wildman–Crippen LogP) is -19.9. The zero-order chi connectivity index (χ0) is 77.2. The summed E-state index contributed by atoms with van der Waals surface area (Å²) < 4.78 is 86.5. The van der Waals surface area contributed by atoms with Crippen LogP contribution in [0.3, 0.4) is 0 Å². The lowest BCUT2D eigenvalue weighted by Crippen LogP contribution is -2.71. The lowest BCUT2D eigenvalue weighted by molar-refractivity contribution is -0.417. The summed E-state index contributed by atoms with van der Waals surface area (Å²) in [5.74, 6) is -12.6. The van der Waals surface area contributed by atoms with Crippen molar-refractivity contribution in [3.63, 3.8) is 0 Å². The second-order valence-corrected chi connectivity index (χ2v) is 26.0. The largest absolute Gasteiger partial charge is 0.477 e. The molecule has 1 amide bonds. The molecule has 48 heteroatoms. The molecule has 42 atom stereocenters. The number of ether oxygens (including phenoxy) is 15. The van der Waals surface area contributed by atoms with Gasteiger partial charge in [-0.25, -0.2) is 9.59 Å². The van der Waals surface area contributed by atoms with Crippen LogP contribution in [0.15, 0.2) is 0 Å². The fourth-order valence-electron chi connectivity index (χ4n) is 13.2. The Morgan fingerprint density at radius 2 is 0.788 bits per heavy atom. The lowest BCUT2D eigenvalue weighted by Gasteiger charge is -2.53. The topological polar surface area (TPSA) is 788 Å². The average molecular weight is 1530 g/mol. The van der Waals surface area contributed by atoms with Gasteiger partial charge in [0.2, 0.25) is 5.91 Å². The predicted molar refractivity (Wildman–Crippen MR) is 310 cm³/mol. The number of aliphatic carboxylic acids is 2. The number of carboxylic acid groups (broad SMARTS) is 2. The van der Waals surface area contributed by atoms with Gasteiger partial charge < -0.3 is 224 Å². The summed E-state index contributed by atoms with van der Waals surface area (Å²) >= 11 is 0. The number of aliphatic hydroxyl groups is 27. The van der Waals surface area contributed by atoms with E-state index in [2.05, 4.69) is 5.32 Å². The molecule has 30 N–H and O–H groups in total. The highest BCUT2D eigenvalue weighted by molar-refractivity contribution is 5.77. The Hall–Kier alpha value is -3.27. The van der Waals surface area contributed by atoms with E-state index in [0.29, 0.717) is 0 Å². The van der Waals surface area contributed by atoms with Crippen LogP contribution < -0.4 is 5.32 Å². The molecule has 8 saturated heterocycles. The molecule has 0 spiro atoms. The molecule has 8 aliphatic rings. The van der Waals surface area contributed by atoms with Crippen LogP contribution in [0.5, 0.6) is 0 Å². The van der Waals surface area contributed by atoms with E-state index < -0.39 is 340 Å². The highest BCUT2D eigenvalue weighted by atomic mass is 16.8. The smallest absolute Gasteiger partial charge is 0.364 e.